The Bertz CT molecular complexity index is 1980. The summed E-state index contributed by atoms with van der Waals surface area (Å²) in [5, 5.41) is 6.54. The van der Waals surface area contributed by atoms with Gasteiger partial charge in [0, 0.05) is 11.5 Å². The number of benzene rings is 5. The monoisotopic (exact) mass is 866 g/mol. The molecule has 5 aromatic rings. The van der Waals surface area contributed by atoms with E-state index in [-0.39, 0.29) is 18.3 Å². The van der Waals surface area contributed by atoms with Crippen LogP contribution in [0.5, 0.6) is 0 Å². The molecule has 8 heteroatoms. The summed E-state index contributed by atoms with van der Waals surface area (Å²) in [4.78, 5) is 3.47. The molecule has 0 aliphatic carbocycles. The molecule has 63 heavy (non-hydrogen) atoms. The number of allylic oxidation sites excluding steroid dienone is 1. The van der Waals surface area contributed by atoms with Crippen LogP contribution in [-0.4, -0.2) is 39.3 Å². The number of rotatable bonds is 29. The maximum Gasteiger partial charge on any atom is 0.261 e. The van der Waals surface area contributed by atoms with E-state index < -0.39 is 32.7 Å². The van der Waals surface area contributed by atoms with Gasteiger partial charge in [0.25, 0.3) is 8.32 Å². The summed E-state index contributed by atoms with van der Waals surface area (Å²) < 4.78 is 28.5. The predicted octanol–water partition coefficient (Wildman–Crippen LogP) is 13.5. The first-order valence-corrected chi connectivity index (χ1v) is 25.2. The van der Waals surface area contributed by atoms with Crippen LogP contribution in [0, 0.1) is 0 Å². The predicted molar refractivity (Wildman–Crippen MR) is 263 cm³/mol. The van der Waals surface area contributed by atoms with E-state index >= 15 is 0 Å². The molecule has 0 heterocycles. The van der Waals surface area contributed by atoms with Crippen LogP contribution in [0.25, 0.3) is 10.4 Å². The molecule has 0 radical (unpaired) electrons. The molecular formula is C55H71N3O4Si. The average molecular weight is 866 g/mol. The highest BCUT2D eigenvalue weighted by Crippen LogP contribution is 2.37. The Kier molecular flexibility index (Phi) is 21.4. The van der Waals surface area contributed by atoms with E-state index in [1.165, 1.54) is 51.4 Å². The fraction of sp³-hybridized carbons (Fsp3) is 0.418. The third-order valence-corrected chi connectivity index (χ3v) is 16.8. The molecular weight excluding hydrogens is 795 g/mol. The first kappa shape index (κ1) is 49.2. The normalized spacial score (nSPS) is 13.9. The zero-order valence-electron chi connectivity index (χ0n) is 38.3. The summed E-state index contributed by atoms with van der Waals surface area (Å²) in [5.74, 6) is 0. The van der Waals surface area contributed by atoms with Gasteiger partial charge < -0.3 is 18.6 Å². The molecule has 0 aliphatic heterocycles. The van der Waals surface area contributed by atoms with Crippen molar-refractivity contribution in [1.29, 1.82) is 0 Å². The smallest absolute Gasteiger partial charge is 0.261 e. The maximum atomic E-state index is 10.4. The summed E-state index contributed by atoms with van der Waals surface area (Å²) in [5.41, 5.74) is 13.4. The van der Waals surface area contributed by atoms with Gasteiger partial charge in [0.15, 0.2) is 0 Å². The second kappa shape index (κ2) is 27.4. The minimum Gasteiger partial charge on any atom is -0.407 e. The standard InChI is InChI=1S/C55H71N3O4Si/c1-5-6-7-8-9-10-11-12-13-14-30-41-52(59-42-46-31-20-15-21-32-46)54(61-44-48-35-24-17-25-36-48)53(60-43-47-33-22-16-23-34-47)51(57-58-56)45-62-63(55(2,3)4,49-37-26-18-27-38-49)50-39-28-19-29-40-50/h15-41,51-54H,5-14,42-45H2,1-4H3/b41-30-/t51-,52+,53-,54+/m0/s1. The lowest BCUT2D eigenvalue weighted by Crippen LogP contribution is -2.67. The van der Waals surface area contributed by atoms with Gasteiger partial charge >= 0.3 is 0 Å². The highest BCUT2D eigenvalue weighted by atomic mass is 28.4. The fourth-order valence-electron chi connectivity index (χ4n) is 8.40. The Balaban J connectivity index is 1.53. The van der Waals surface area contributed by atoms with Crippen molar-refractivity contribution >= 4 is 18.7 Å². The molecule has 0 aliphatic rings. The van der Waals surface area contributed by atoms with E-state index in [0.717, 1.165) is 39.9 Å². The number of azide groups is 1. The molecule has 0 unspecified atom stereocenters. The van der Waals surface area contributed by atoms with Gasteiger partial charge in [-0.2, -0.15) is 0 Å². The number of unbranched alkanes of at least 4 members (excludes halogenated alkanes) is 9. The summed E-state index contributed by atoms with van der Waals surface area (Å²) in [7, 11) is -3.04. The van der Waals surface area contributed by atoms with E-state index in [1.54, 1.807) is 0 Å². The third kappa shape index (κ3) is 15.8. The molecule has 5 rings (SSSR count). The van der Waals surface area contributed by atoms with Crippen LogP contribution >= 0.6 is 0 Å². The number of hydrogen-bond donors (Lipinski definition) is 0. The molecule has 0 N–H and O–H groups in total. The number of hydrogen-bond acceptors (Lipinski definition) is 5. The third-order valence-electron chi connectivity index (χ3n) is 11.8. The minimum absolute atomic E-state index is 0.107. The molecule has 0 saturated heterocycles. The van der Waals surface area contributed by atoms with E-state index in [0.29, 0.717) is 13.2 Å². The molecule has 5 aromatic carbocycles. The molecule has 334 valence electrons. The maximum absolute atomic E-state index is 10.4. The van der Waals surface area contributed by atoms with Crippen LogP contribution in [0.1, 0.15) is 109 Å². The topological polar surface area (TPSA) is 85.7 Å². The molecule has 4 atom stereocenters. The lowest BCUT2D eigenvalue weighted by Gasteiger charge is -2.44. The Morgan fingerprint density at radius 2 is 0.968 bits per heavy atom. The average Bonchev–Trinajstić information content (AvgIpc) is 3.31. The van der Waals surface area contributed by atoms with Gasteiger partial charge in [-0.15, -0.1) is 0 Å². The zero-order chi connectivity index (χ0) is 44.4. The van der Waals surface area contributed by atoms with Crippen molar-refractivity contribution in [2.75, 3.05) is 6.61 Å². The molecule has 0 fully saturated rings. The van der Waals surface area contributed by atoms with E-state index in [1.807, 2.05) is 78.9 Å². The van der Waals surface area contributed by atoms with Crippen LogP contribution in [0.4, 0.5) is 0 Å². The number of nitrogens with zero attached hydrogens (tertiary/aromatic N) is 3. The molecule has 0 aromatic heterocycles. The van der Waals surface area contributed by atoms with Gasteiger partial charge in [0.05, 0.1) is 32.0 Å². The second-order valence-electron chi connectivity index (χ2n) is 17.6. The summed E-state index contributed by atoms with van der Waals surface area (Å²) >= 11 is 0. The molecule has 7 nitrogen and oxygen atoms in total. The van der Waals surface area contributed by atoms with Crippen molar-refractivity contribution in [3.63, 3.8) is 0 Å². The Morgan fingerprint density at radius 3 is 1.41 bits per heavy atom. The van der Waals surface area contributed by atoms with Gasteiger partial charge in [-0.05, 0) is 50.5 Å². The second-order valence-corrected chi connectivity index (χ2v) is 21.9. The van der Waals surface area contributed by atoms with Gasteiger partial charge in [0.2, 0.25) is 0 Å². The van der Waals surface area contributed by atoms with Crippen molar-refractivity contribution in [1.82, 2.24) is 0 Å². The van der Waals surface area contributed by atoms with Crippen molar-refractivity contribution in [3.8, 4) is 0 Å². The van der Waals surface area contributed by atoms with Crippen LogP contribution in [-0.2, 0) is 38.5 Å². The van der Waals surface area contributed by atoms with Crippen molar-refractivity contribution < 1.29 is 18.6 Å². The fourth-order valence-corrected chi connectivity index (χ4v) is 13.0. The van der Waals surface area contributed by atoms with Gasteiger partial charge in [-0.3, -0.25) is 0 Å². The number of ether oxygens (including phenoxy) is 3. The molecule has 0 saturated carbocycles. The van der Waals surface area contributed by atoms with Crippen LogP contribution in [0.3, 0.4) is 0 Å². The largest absolute Gasteiger partial charge is 0.407 e. The quantitative estimate of drug-likeness (QED) is 0.0120. The van der Waals surface area contributed by atoms with Crippen molar-refractivity contribution in [3.05, 3.63) is 191 Å². The Hall–Kier alpha value is -4.79. The SMILES string of the molecule is CCCCCCCCCCC/C=C\[C@@H](OCc1ccccc1)[C@@H](OCc1ccccc1)[C@@H](OCc1ccccc1)[C@H](CO[Si](c1ccccc1)(c1ccccc1)C(C)(C)C)N=[N+]=[N-]. The highest BCUT2D eigenvalue weighted by molar-refractivity contribution is 6.99. The highest BCUT2D eigenvalue weighted by Gasteiger charge is 2.51. The molecule has 0 spiro atoms. The minimum atomic E-state index is -3.04. The van der Waals surface area contributed by atoms with Gasteiger partial charge in [-0.1, -0.05) is 248 Å². The molecule has 0 amide bonds. The van der Waals surface area contributed by atoms with Crippen LogP contribution in [0.2, 0.25) is 5.04 Å². The van der Waals surface area contributed by atoms with E-state index in [2.05, 4.69) is 123 Å². The van der Waals surface area contributed by atoms with E-state index in [4.69, 9.17) is 18.6 Å². The first-order chi connectivity index (χ1) is 30.9. The summed E-state index contributed by atoms with van der Waals surface area (Å²) in [6.07, 6.45) is 14.8. The summed E-state index contributed by atoms with van der Waals surface area (Å²) in [6.45, 7) is 10.1. The van der Waals surface area contributed by atoms with Crippen molar-refractivity contribution in [2.24, 2.45) is 5.11 Å². The van der Waals surface area contributed by atoms with Crippen molar-refractivity contribution in [2.45, 2.75) is 141 Å². The molecule has 0 bridgehead atoms. The lowest BCUT2D eigenvalue weighted by molar-refractivity contribution is -0.147. The van der Waals surface area contributed by atoms with Crippen LogP contribution < -0.4 is 10.4 Å². The van der Waals surface area contributed by atoms with Crippen LogP contribution in [0.15, 0.2) is 169 Å². The Labute approximate surface area is 379 Å². The van der Waals surface area contributed by atoms with E-state index in [9.17, 15) is 5.53 Å². The Morgan fingerprint density at radius 1 is 0.556 bits per heavy atom. The summed E-state index contributed by atoms with van der Waals surface area (Å²) in [6, 6.07) is 50.8. The van der Waals surface area contributed by atoms with Gasteiger partial charge in [0.1, 0.15) is 12.2 Å². The van der Waals surface area contributed by atoms with Gasteiger partial charge in [-0.25, -0.2) is 0 Å². The lowest BCUT2D eigenvalue weighted by atomic mass is 9.99. The zero-order valence-corrected chi connectivity index (χ0v) is 39.3. The first-order valence-electron chi connectivity index (χ1n) is 23.3.